The highest BCUT2D eigenvalue weighted by Gasteiger charge is 2.40. The van der Waals surface area contributed by atoms with Crippen molar-refractivity contribution >= 4 is 23.8 Å². The molecule has 1 saturated heterocycles. The molecular weight excluding hydrogens is 483 g/mol. The van der Waals surface area contributed by atoms with Crippen LogP contribution in [-0.4, -0.2) is 35.2 Å². The first kappa shape index (κ1) is 25.0. The van der Waals surface area contributed by atoms with Crippen LogP contribution in [0.5, 0.6) is 0 Å². The van der Waals surface area contributed by atoms with Crippen molar-refractivity contribution in [1.82, 2.24) is 15.3 Å². The van der Waals surface area contributed by atoms with Gasteiger partial charge in [-0.25, -0.2) is 9.97 Å². The lowest BCUT2D eigenvalue weighted by Gasteiger charge is -2.24. The molecule has 3 heterocycles. The molecule has 11 heteroatoms. The van der Waals surface area contributed by atoms with E-state index in [4.69, 9.17) is 11.5 Å². The maximum atomic E-state index is 13.9. The minimum absolute atomic E-state index is 0.0542. The van der Waals surface area contributed by atoms with Crippen molar-refractivity contribution in [3.63, 3.8) is 0 Å². The van der Waals surface area contributed by atoms with Gasteiger partial charge in [0.05, 0.1) is 23.7 Å². The first-order chi connectivity index (χ1) is 17.7. The van der Waals surface area contributed by atoms with Crippen molar-refractivity contribution in [3.05, 3.63) is 58.6 Å². The highest BCUT2D eigenvalue weighted by Crippen LogP contribution is 2.45. The van der Waals surface area contributed by atoms with Crippen LogP contribution in [0.1, 0.15) is 54.1 Å². The lowest BCUT2D eigenvalue weighted by molar-refractivity contribution is -0.138. The Labute approximate surface area is 213 Å². The molecule has 2 unspecified atom stereocenters. The zero-order chi connectivity index (χ0) is 26.2. The highest BCUT2D eigenvalue weighted by atomic mass is 19.4. The molecule has 3 aliphatic rings. The second-order valence-electron chi connectivity index (χ2n) is 9.97. The minimum Gasteiger partial charge on any atom is -0.404 e. The van der Waals surface area contributed by atoms with Gasteiger partial charge in [-0.15, -0.1) is 0 Å². The van der Waals surface area contributed by atoms with Crippen LogP contribution in [0.2, 0.25) is 0 Å². The summed E-state index contributed by atoms with van der Waals surface area (Å²) in [6, 6.07) is 4.38. The number of pyridine rings is 2. The van der Waals surface area contributed by atoms with Gasteiger partial charge < -0.3 is 21.7 Å². The number of hydrogen-bond donors (Lipinski definition) is 3. The molecule has 0 radical (unpaired) electrons. The zero-order valence-corrected chi connectivity index (χ0v) is 20.3. The van der Waals surface area contributed by atoms with Crippen molar-refractivity contribution in [2.75, 3.05) is 23.7 Å². The average molecular weight is 514 g/mol. The molecule has 3 atom stereocenters. The van der Waals surface area contributed by atoms with E-state index in [1.54, 1.807) is 6.07 Å². The van der Waals surface area contributed by atoms with Gasteiger partial charge in [-0.2, -0.15) is 13.2 Å². The van der Waals surface area contributed by atoms with Crippen LogP contribution >= 0.6 is 0 Å². The molecule has 2 fully saturated rings. The van der Waals surface area contributed by atoms with Crippen molar-refractivity contribution in [2.24, 2.45) is 22.6 Å². The van der Waals surface area contributed by atoms with Gasteiger partial charge in [0.25, 0.3) is 5.91 Å². The van der Waals surface area contributed by atoms with Crippen molar-refractivity contribution < 1.29 is 18.0 Å². The van der Waals surface area contributed by atoms with Gasteiger partial charge >= 0.3 is 6.18 Å². The van der Waals surface area contributed by atoms with Crippen molar-refractivity contribution in [1.29, 1.82) is 0 Å². The smallest absolute Gasteiger partial charge is 0.404 e. The molecule has 196 valence electrons. The van der Waals surface area contributed by atoms with E-state index >= 15 is 0 Å². The Morgan fingerprint density at radius 3 is 2.89 bits per heavy atom. The Balaban J connectivity index is 1.26. The van der Waals surface area contributed by atoms with Crippen molar-refractivity contribution in [2.45, 2.75) is 50.9 Å². The molecule has 8 nitrogen and oxygen atoms in total. The minimum atomic E-state index is -4.55. The molecule has 5 N–H and O–H groups in total. The topological polar surface area (TPSA) is 123 Å². The number of aromatic nitrogens is 2. The number of hydrogen-bond acceptors (Lipinski definition) is 7. The number of nitrogens with one attached hydrogen (secondary N) is 1. The fraction of sp³-hybridized carbons (Fsp3) is 0.462. The van der Waals surface area contributed by atoms with Crippen LogP contribution in [-0.2, 0) is 23.9 Å². The van der Waals surface area contributed by atoms with E-state index in [1.807, 2.05) is 11.0 Å². The average Bonchev–Trinajstić information content (AvgIpc) is 3.53. The molecule has 1 saturated carbocycles. The van der Waals surface area contributed by atoms with Crippen molar-refractivity contribution in [3.8, 4) is 0 Å². The summed E-state index contributed by atoms with van der Waals surface area (Å²) < 4.78 is 41.7. The molecule has 0 aromatic carbocycles. The van der Waals surface area contributed by atoms with Gasteiger partial charge in [-0.05, 0) is 61.6 Å². The number of anilines is 2. The Bertz CT molecular complexity index is 1240. The maximum Gasteiger partial charge on any atom is 0.416 e. The maximum absolute atomic E-state index is 13.9. The van der Waals surface area contributed by atoms with Gasteiger partial charge in [0.15, 0.2) is 0 Å². The molecule has 2 aliphatic carbocycles. The Hall–Kier alpha value is -3.63. The summed E-state index contributed by atoms with van der Waals surface area (Å²) in [5.74, 6) is 1.57. The second-order valence-corrected chi connectivity index (χ2v) is 9.97. The molecule has 2 aromatic rings. The number of fused-ring (bicyclic) bond motifs is 2. The molecule has 0 bridgehead atoms. The normalized spacial score (nSPS) is 23.5. The number of nitrogens with two attached hydrogens (primary N) is 2. The first-order valence-electron chi connectivity index (χ1n) is 12.5. The van der Waals surface area contributed by atoms with E-state index in [-0.39, 0.29) is 23.7 Å². The molecule has 5 rings (SSSR count). The summed E-state index contributed by atoms with van der Waals surface area (Å²) in [4.78, 5) is 27.5. The Morgan fingerprint density at radius 1 is 1.27 bits per heavy atom. The predicted molar refractivity (Wildman–Crippen MR) is 135 cm³/mol. The van der Waals surface area contributed by atoms with Crippen LogP contribution in [0.4, 0.5) is 24.8 Å². The number of halogens is 3. The van der Waals surface area contributed by atoms with E-state index in [9.17, 15) is 18.0 Å². The molecule has 2 aromatic heterocycles. The third kappa shape index (κ3) is 5.55. The molecule has 0 spiro atoms. The summed E-state index contributed by atoms with van der Waals surface area (Å²) in [5.41, 5.74) is 12.3. The van der Waals surface area contributed by atoms with Crippen LogP contribution < -0.4 is 21.7 Å². The fourth-order valence-electron chi connectivity index (χ4n) is 5.34. The van der Waals surface area contributed by atoms with Crippen LogP contribution in [0.15, 0.2) is 41.2 Å². The number of nitrogen functional groups attached to an aromatic ring is 1. The summed E-state index contributed by atoms with van der Waals surface area (Å²) in [6.07, 6.45) is 3.57. The Kier molecular flexibility index (Phi) is 6.78. The number of rotatable bonds is 6. The Morgan fingerprint density at radius 2 is 2.11 bits per heavy atom. The van der Waals surface area contributed by atoms with Crippen LogP contribution in [0.3, 0.4) is 0 Å². The molecular formula is C26H30F3N7O. The summed E-state index contributed by atoms with van der Waals surface area (Å²) >= 11 is 0. The lowest BCUT2D eigenvalue weighted by atomic mass is 10.1. The monoisotopic (exact) mass is 513 g/mol. The van der Waals surface area contributed by atoms with Gasteiger partial charge in [-0.1, -0.05) is 6.07 Å². The van der Waals surface area contributed by atoms with Gasteiger partial charge in [-0.3, -0.25) is 9.79 Å². The second kappa shape index (κ2) is 10.0. The number of amides is 1. The number of carbonyl (C=O) groups is 1. The van der Waals surface area contributed by atoms with Gasteiger partial charge in [0.2, 0.25) is 0 Å². The number of carbonyl (C=O) groups excluding carboxylic acids is 1. The number of aryl methyl sites for hydroxylation is 1. The highest BCUT2D eigenvalue weighted by molar-refractivity contribution is 6.12. The lowest BCUT2D eigenvalue weighted by Crippen LogP contribution is -2.29. The summed E-state index contributed by atoms with van der Waals surface area (Å²) in [6.45, 7) is 1.18. The number of aliphatic imine (C=N–C) groups is 1. The quantitative estimate of drug-likeness (QED) is 0.401. The zero-order valence-electron chi connectivity index (χ0n) is 20.3. The SMILES string of the molecule is NC=C(C=NCc1cnc(N2CCCC3CC3C2)cc1C(F)(F)F)C(=O)N[C@@H]1CCc2nc(N)ccc21. The van der Waals surface area contributed by atoms with E-state index in [2.05, 4.69) is 20.3 Å². The van der Waals surface area contributed by atoms with Crippen LogP contribution in [0.25, 0.3) is 0 Å². The van der Waals surface area contributed by atoms with Gasteiger partial charge in [0, 0.05) is 43.0 Å². The van der Waals surface area contributed by atoms with Crippen LogP contribution in [0, 0.1) is 11.8 Å². The number of alkyl halides is 3. The van der Waals surface area contributed by atoms with E-state index in [1.165, 1.54) is 12.4 Å². The third-order valence-corrected chi connectivity index (χ3v) is 7.44. The first-order valence-corrected chi connectivity index (χ1v) is 12.5. The predicted octanol–water partition coefficient (Wildman–Crippen LogP) is 3.53. The van der Waals surface area contributed by atoms with E-state index in [0.717, 1.165) is 49.3 Å². The fourth-order valence-corrected chi connectivity index (χ4v) is 5.34. The van der Waals surface area contributed by atoms with E-state index < -0.39 is 17.6 Å². The van der Waals surface area contributed by atoms with Gasteiger partial charge in [0.1, 0.15) is 11.6 Å². The molecule has 1 aliphatic heterocycles. The summed E-state index contributed by atoms with van der Waals surface area (Å²) in [5, 5.41) is 2.89. The standard InChI is InChI=1S/C26H30F3N7O/c27-26(28,29)20-9-24(36-7-1-2-15-8-16(15)14-36)33-13-18(20)12-32-11-17(10-30)25(37)35-22-5-4-21-19(22)3-6-23(31)34-21/h3,6,9-11,13,15-16,22H,1-2,4-5,7-8,12,14,30H2,(H2,31,34)(H,35,37)/t15?,16?,22-/m1/s1. The number of nitrogens with zero attached hydrogens (tertiary/aromatic N) is 4. The summed E-state index contributed by atoms with van der Waals surface area (Å²) in [7, 11) is 0. The van der Waals surface area contributed by atoms with E-state index in [0.29, 0.717) is 42.9 Å². The molecule has 1 amide bonds. The molecule has 37 heavy (non-hydrogen) atoms. The largest absolute Gasteiger partial charge is 0.416 e. The third-order valence-electron chi connectivity index (χ3n) is 7.44.